The molecule has 0 bridgehead atoms. The predicted molar refractivity (Wildman–Crippen MR) is 138 cm³/mol. The Bertz CT molecular complexity index is 1330. The SMILES string of the molecule is O=C(O)Cn1ccc(CCc2ccc(/C(=C\C3CCOCC3)c3ccc(C4CC4)c(=O)[nH]3)cc2Cl)n1. The van der Waals surface area contributed by atoms with Crippen LogP contribution in [0, 0.1) is 5.92 Å². The van der Waals surface area contributed by atoms with Gasteiger partial charge in [0.1, 0.15) is 6.54 Å². The number of pyridine rings is 1. The van der Waals surface area contributed by atoms with Crippen LogP contribution in [0.1, 0.15) is 59.7 Å². The van der Waals surface area contributed by atoms with Gasteiger partial charge in [-0.3, -0.25) is 14.3 Å². The largest absolute Gasteiger partial charge is 0.480 e. The van der Waals surface area contributed by atoms with E-state index in [1.165, 1.54) is 4.68 Å². The van der Waals surface area contributed by atoms with Gasteiger partial charge in [-0.05, 0) is 79.7 Å². The van der Waals surface area contributed by atoms with Crippen LogP contribution in [0.2, 0.25) is 5.02 Å². The summed E-state index contributed by atoms with van der Waals surface area (Å²) in [6.45, 7) is 1.34. The molecule has 8 heteroatoms. The number of hydrogen-bond acceptors (Lipinski definition) is 4. The Morgan fingerprint density at radius 2 is 1.94 bits per heavy atom. The lowest BCUT2D eigenvalue weighted by molar-refractivity contribution is -0.137. The Morgan fingerprint density at radius 3 is 2.64 bits per heavy atom. The number of carbonyl (C=O) groups is 1. The van der Waals surface area contributed by atoms with Crippen molar-refractivity contribution >= 4 is 23.1 Å². The summed E-state index contributed by atoms with van der Waals surface area (Å²) in [7, 11) is 0. The van der Waals surface area contributed by atoms with Crippen molar-refractivity contribution in [1.29, 1.82) is 0 Å². The summed E-state index contributed by atoms with van der Waals surface area (Å²) in [5.41, 5.74) is 5.46. The second kappa shape index (κ2) is 10.8. The first-order valence-electron chi connectivity index (χ1n) is 12.5. The van der Waals surface area contributed by atoms with Crippen molar-refractivity contribution < 1.29 is 14.6 Å². The van der Waals surface area contributed by atoms with Gasteiger partial charge >= 0.3 is 5.97 Å². The third-order valence-corrected chi connectivity index (χ3v) is 7.28. The zero-order valence-corrected chi connectivity index (χ0v) is 20.8. The molecule has 2 aromatic heterocycles. The number of nitrogens with one attached hydrogen (secondary N) is 1. The van der Waals surface area contributed by atoms with Gasteiger partial charge in [0, 0.05) is 41.3 Å². The summed E-state index contributed by atoms with van der Waals surface area (Å²) in [6.07, 6.45) is 9.36. The van der Waals surface area contributed by atoms with Crippen LogP contribution in [0.3, 0.4) is 0 Å². The first-order valence-corrected chi connectivity index (χ1v) is 12.9. The second-order valence-corrected chi connectivity index (χ2v) is 10.1. The molecule has 1 aromatic carbocycles. The molecule has 1 aliphatic heterocycles. The van der Waals surface area contributed by atoms with E-state index in [1.54, 1.807) is 6.20 Å². The molecule has 0 atom stereocenters. The quantitative estimate of drug-likeness (QED) is 0.432. The molecule has 3 heterocycles. The molecule has 1 aliphatic carbocycles. The molecule has 2 aliphatic rings. The van der Waals surface area contributed by atoms with Crippen LogP contribution in [0.25, 0.3) is 5.57 Å². The number of aliphatic carboxylic acids is 1. The highest BCUT2D eigenvalue weighted by Crippen LogP contribution is 2.38. The molecule has 0 spiro atoms. The Kier molecular flexibility index (Phi) is 7.39. The van der Waals surface area contributed by atoms with Crippen molar-refractivity contribution in [3.05, 3.63) is 92.1 Å². The standard InChI is InChI=1S/C28H30ClN3O4/c29-25-16-21(4-3-20(25)5-6-22-9-12-32(31-22)17-27(33)34)24(15-18-10-13-36-14-11-18)26-8-7-23(19-1-2-19)28(35)30-26/h3-4,7-9,12,15-16,18-19H,1-2,5-6,10-11,13-14,17H2,(H,30,35)(H,33,34)/b24-15+. The molecule has 2 fully saturated rings. The molecule has 0 radical (unpaired) electrons. The van der Waals surface area contributed by atoms with Gasteiger partial charge in [-0.2, -0.15) is 5.10 Å². The molecule has 188 valence electrons. The number of benzene rings is 1. The maximum atomic E-state index is 12.8. The number of aromatic amines is 1. The van der Waals surface area contributed by atoms with Crippen LogP contribution in [0.15, 0.2) is 53.5 Å². The van der Waals surface area contributed by atoms with E-state index in [9.17, 15) is 9.59 Å². The fourth-order valence-corrected chi connectivity index (χ4v) is 5.04. The lowest BCUT2D eigenvalue weighted by Crippen LogP contribution is -2.16. The number of aryl methyl sites for hydroxylation is 2. The van der Waals surface area contributed by atoms with Gasteiger partial charge in [0.2, 0.25) is 0 Å². The van der Waals surface area contributed by atoms with E-state index in [0.717, 1.165) is 72.5 Å². The zero-order chi connectivity index (χ0) is 25.1. The normalized spacial score (nSPS) is 16.9. The van der Waals surface area contributed by atoms with E-state index in [0.29, 0.717) is 29.7 Å². The number of carboxylic acids is 1. The summed E-state index contributed by atoms with van der Waals surface area (Å²) in [5.74, 6) is -0.147. The van der Waals surface area contributed by atoms with Crippen molar-refractivity contribution in [2.75, 3.05) is 13.2 Å². The molecule has 3 aromatic rings. The van der Waals surface area contributed by atoms with Crippen molar-refractivity contribution in [3.63, 3.8) is 0 Å². The van der Waals surface area contributed by atoms with E-state index in [4.69, 9.17) is 21.4 Å². The Labute approximate surface area is 214 Å². The summed E-state index contributed by atoms with van der Waals surface area (Å²) in [4.78, 5) is 26.8. The Balaban J connectivity index is 1.38. The highest BCUT2D eigenvalue weighted by Gasteiger charge is 2.26. The second-order valence-electron chi connectivity index (χ2n) is 9.67. The molecule has 1 saturated heterocycles. The van der Waals surface area contributed by atoms with E-state index < -0.39 is 5.97 Å². The van der Waals surface area contributed by atoms with Crippen LogP contribution in [-0.2, 0) is 28.9 Å². The zero-order valence-electron chi connectivity index (χ0n) is 20.1. The van der Waals surface area contributed by atoms with Gasteiger partial charge in [-0.15, -0.1) is 0 Å². The molecular weight excluding hydrogens is 478 g/mol. The van der Waals surface area contributed by atoms with E-state index in [1.807, 2.05) is 30.3 Å². The van der Waals surface area contributed by atoms with Crippen LogP contribution >= 0.6 is 11.6 Å². The van der Waals surface area contributed by atoms with Crippen LogP contribution < -0.4 is 5.56 Å². The predicted octanol–water partition coefficient (Wildman–Crippen LogP) is 4.83. The molecular formula is C28H30ClN3O4. The number of H-pyrrole nitrogens is 1. The average Bonchev–Trinajstić information content (AvgIpc) is 3.61. The number of ether oxygens (including phenoxy) is 1. The molecule has 1 saturated carbocycles. The smallest absolute Gasteiger partial charge is 0.325 e. The number of nitrogens with zero attached hydrogens (tertiary/aromatic N) is 2. The number of hydrogen-bond donors (Lipinski definition) is 2. The van der Waals surface area contributed by atoms with Crippen LogP contribution in [0.4, 0.5) is 0 Å². The number of allylic oxidation sites excluding steroid dienone is 1. The maximum absolute atomic E-state index is 12.8. The topological polar surface area (TPSA) is 97.2 Å². The van der Waals surface area contributed by atoms with Crippen molar-refractivity contribution in [2.45, 2.75) is 51.0 Å². The minimum Gasteiger partial charge on any atom is -0.480 e. The fourth-order valence-electron chi connectivity index (χ4n) is 4.76. The maximum Gasteiger partial charge on any atom is 0.325 e. The summed E-state index contributed by atoms with van der Waals surface area (Å²) < 4.78 is 6.96. The first-order chi connectivity index (χ1) is 17.5. The van der Waals surface area contributed by atoms with E-state index in [-0.39, 0.29) is 12.1 Å². The number of halogens is 1. The summed E-state index contributed by atoms with van der Waals surface area (Å²) in [6, 6.07) is 11.9. The van der Waals surface area contributed by atoms with Crippen LogP contribution in [0.5, 0.6) is 0 Å². The minimum atomic E-state index is -0.920. The Morgan fingerprint density at radius 1 is 1.14 bits per heavy atom. The van der Waals surface area contributed by atoms with E-state index in [2.05, 4.69) is 22.2 Å². The van der Waals surface area contributed by atoms with E-state index >= 15 is 0 Å². The Hall–Kier alpha value is -3.16. The van der Waals surface area contributed by atoms with Crippen molar-refractivity contribution in [3.8, 4) is 0 Å². The summed E-state index contributed by atoms with van der Waals surface area (Å²) >= 11 is 6.73. The van der Waals surface area contributed by atoms with Gasteiger partial charge in [0.05, 0.1) is 5.69 Å². The molecule has 7 nitrogen and oxygen atoms in total. The van der Waals surface area contributed by atoms with Gasteiger partial charge < -0.3 is 14.8 Å². The third kappa shape index (κ3) is 5.97. The van der Waals surface area contributed by atoms with Gasteiger partial charge in [-0.1, -0.05) is 35.9 Å². The van der Waals surface area contributed by atoms with Gasteiger partial charge in [0.25, 0.3) is 5.56 Å². The highest BCUT2D eigenvalue weighted by atomic mass is 35.5. The number of aromatic nitrogens is 3. The van der Waals surface area contributed by atoms with Gasteiger partial charge in [-0.25, -0.2) is 0 Å². The summed E-state index contributed by atoms with van der Waals surface area (Å²) in [5, 5.41) is 13.9. The van der Waals surface area contributed by atoms with Crippen molar-refractivity contribution in [2.24, 2.45) is 5.92 Å². The molecule has 5 rings (SSSR count). The van der Waals surface area contributed by atoms with Gasteiger partial charge in [0.15, 0.2) is 0 Å². The molecule has 0 amide bonds. The first kappa shape index (κ1) is 24.5. The molecule has 36 heavy (non-hydrogen) atoms. The average molecular weight is 508 g/mol. The van der Waals surface area contributed by atoms with Crippen LogP contribution in [-0.4, -0.2) is 39.1 Å². The number of carboxylic acid groups (broad SMARTS) is 1. The minimum absolute atomic E-state index is 0.00192. The monoisotopic (exact) mass is 507 g/mol. The molecule has 0 unspecified atom stereocenters. The number of rotatable bonds is 9. The fraction of sp³-hybridized carbons (Fsp3) is 0.393. The van der Waals surface area contributed by atoms with Crippen molar-refractivity contribution in [1.82, 2.24) is 14.8 Å². The highest BCUT2D eigenvalue weighted by molar-refractivity contribution is 6.31. The lowest BCUT2D eigenvalue weighted by atomic mass is 9.91. The lowest BCUT2D eigenvalue weighted by Gasteiger charge is -2.21. The third-order valence-electron chi connectivity index (χ3n) is 6.92. The molecule has 2 N–H and O–H groups in total.